The van der Waals surface area contributed by atoms with E-state index >= 15 is 0 Å². The van der Waals surface area contributed by atoms with Gasteiger partial charge in [0, 0.05) is 5.38 Å². The third-order valence-electron chi connectivity index (χ3n) is 3.64. The molecule has 0 fully saturated rings. The van der Waals surface area contributed by atoms with E-state index in [1.165, 1.54) is 11.3 Å². The molecule has 0 aliphatic carbocycles. The van der Waals surface area contributed by atoms with Gasteiger partial charge in [0.25, 0.3) is 0 Å². The Morgan fingerprint density at radius 1 is 1.22 bits per heavy atom. The van der Waals surface area contributed by atoms with Crippen molar-refractivity contribution < 1.29 is 14.3 Å². The lowest BCUT2D eigenvalue weighted by atomic mass is 10.1. The van der Waals surface area contributed by atoms with Crippen LogP contribution >= 0.6 is 11.3 Å². The number of carbonyl (C=O) groups excluding carboxylic acids is 2. The lowest BCUT2D eigenvalue weighted by Gasteiger charge is -2.20. The van der Waals surface area contributed by atoms with Gasteiger partial charge in [-0.25, -0.2) is 9.78 Å². The fraction of sp³-hybridized carbons (Fsp3) is 0.450. The van der Waals surface area contributed by atoms with Crippen LogP contribution in [0.3, 0.4) is 0 Å². The smallest absolute Gasteiger partial charge is 0.408 e. The monoisotopic (exact) mass is 389 g/mol. The Morgan fingerprint density at radius 3 is 2.52 bits per heavy atom. The lowest BCUT2D eigenvalue weighted by Crippen LogP contribution is -2.41. The number of nitrogens with one attached hydrogen (secondary N) is 2. The largest absolute Gasteiger partial charge is 0.444 e. The normalized spacial score (nSPS) is 12.3. The van der Waals surface area contributed by atoms with E-state index in [0.717, 1.165) is 22.7 Å². The molecule has 2 aromatic rings. The van der Waals surface area contributed by atoms with Crippen LogP contribution in [0.5, 0.6) is 0 Å². The second-order valence-corrected chi connectivity index (χ2v) is 8.09. The van der Waals surface area contributed by atoms with Gasteiger partial charge in [-0.05, 0) is 39.2 Å². The highest BCUT2D eigenvalue weighted by Crippen LogP contribution is 2.22. The van der Waals surface area contributed by atoms with Crippen LogP contribution < -0.4 is 10.6 Å². The van der Waals surface area contributed by atoms with E-state index in [2.05, 4.69) is 15.6 Å². The van der Waals surface area contributed by atoms with Crippen molar-refractivity contribution in [3.63, 3.8) is 0 Å². The van der Waals surface area contributed by atoms with E-state index in [1.54, 1.807) is 20.8 Å². The average molecular weight is 390 g/mol. The minimum absolute atomic E-state index is 0.147. The van der Waals surface area contributed by atoms with E-state index in [0.29, 0.717) is 6.42 Å². The minimum atomic E-state index is -0.611. The second kappa shape index (κ2) is 9.50. The highest BCUT2D eigenvalue weighted by atomic mass is 32.1. The summed E-state index contributed by atoms with van der Waals surface area (Å²) in [7, 11) is 0. The zero-order valence-electron chi connectivity index (χ0n) is 16.2. The standard InChI is InChI=1S/C20H27N3O3S/c1-5-15-13-27-18(22-15)16(11-14-9-7-6-8-10-14)23-17(24)12-21-19(25)26-20(2,3)4/h6-10,13,16H,5,11-12H2,1-4H3,(H,21,25)(H,23,24)/t16-/m0/s1. The predicted molar refractivity (Wildman–Crippen MR) is 107 cm³/mol. The van der Waals surface area contributed by atoms with E-state index in [1.807, 2.05) is 42.6 Å². The van der Waals surface area contributed by atoms with Crippen molar-refractivity contribution in [3.8, 4) is 0 Å². The van der Waals surface area contributed by atoms with Crippen molar-refractivity contribution in [3.05, 3.63) is 52.0 Å². The van der Waals surface area contributed by atoms with Gasteiger partial charge in [0.05, 0.1) is 11.7 Å². The van der Waals surface area contributed by atoms with Crippen molar-refractivity contribution in [2.75, 3.05) is 6.54 Å². The number of thiazole rings is 1. The number of aryl methyl sites for hydroxylation is 1. The van der Waals surface area contributed by atoms with Crippen LogP contribution in [-0.4, -0.2) is 29.1 Å². The van der Waals surface area contributed by atoms with Gasteiger partial charge in [-0.1, -0.05) is 37.3 Å². The van der Waals surface area contributed by atoms with Crippen LogP contribution in [-0.2, 0) is 22.4 Å². The fourth-order valence-electron chi connectivity index (χ4n) is 2.41. The van der Waals surface area contributed by atoms with E-state index in [-0.39, 0.29) is 18.5 Å². The molecule has 1 atom stereocenters. The number of aromatic nitrogens is 1. The first kappa shape index (κ1) is 20.9. The van der Waals surface area contributed by atoms with E-state index in [4.69, 9.17) is 4.74 Å². The first-order valence-electron chi connectivity index (χ1n) is 9.01. The molecule has 0 radical (unpaired) electrons. The fourth-order valence-corrected chi connectivity index (χ4v) is 3.36. The molecular weight excluding hydrogens is 362 g/mol. The first-order valence-corrected chi connectivity index (χ1v) is 9.89. The molecule has 2 N–H and O–H groups in total. The van der Waals surface area contributed by atoms with Crippen LogP contribution in [0.15, 0.2) is 35.7 Å². The SMILES string of the molecule is CCc1csc([C@H](Cc2ccccc2)NC(=O)CNC(=O)OC(C)(C)C)n1. The number of hydrogen-bond donors (Lipinski definition) is 2. The highest BCUT2D eigenvalue weighted by Gasteiger charge is 2.20. The lowest BCUT2D eigenvalue weighted by molar-refractivity contribution is -0.121. The van der Waals surface area contributed by atoms with Crippen LogP contribution in [0.2, 0.25) is 0 Å². The molecule has 1 aromatic carbocycles. The summed E-state index contributed by atoms with van der Waals surface area (Å²) in [6.07, 6.45) is 0.873. The van der Waals surface area contributed by atoms with E-state index in [9.17, 15) is 9.59 Å². The molecule has 6 nitrogen and oxygen atoms in total. The Bertz CT molecular complexity index is 753. The maximum atomic E-state index is 12.4. The van der Waals surface area contributed by atoms with Gasteiger partial charge < -0.3 is 15.4 Å². The summed E-state index contributed by atoms with van der Waals surface area (Å²) in [5.41, 5.74) is 1.51. The topological polar surface area (TPSA) is 80.3 Å². The Hall–Kier alpha value is -2.41. The maximum Gasteiger partial charge on any atom is 0.408 e. The predicted octanol–water partition coefficient (Wildman–Crippen LogP) is 3.63. The summed E-state index contributed by atoms with van der Waals surface area (Å²) in [5.74, 6) is -0.282. The number of benzene rings is 1. The molecule has 27 heavy (non-hydrogen) atoms. The molecule has 0 bridgehead atoms. The molecule has 0 unspecified atom stereocenters. The number of ether oxygens (including phenoxy) is 1. The van der Waals surface area contributed by atoms with Crippen molar-refractivity contribution in [1.29, 1.82) is 0 Å². The highest BCUT2D eigenvalue weighted by molar-refractivity contribution is 7.09. The maximum absolute atomic E-state index is 12.4. The molecule has 0 aliphatic heterocycles. The summed E-state index contributed by atoms with van der Waals surface area (Å²) in [5, 5.41) is 8.34. The van der Waals surface area contributed by atoms with Crippen LogP contribution in [0.4, 0.5) is 4.79 Å². The number of carbonyl (C=O) groups is 2. The molecule has 0 spiro atoms. The Morgan fingerprint density at radius 2 is 1.93 bits per heavy atom. The van der Waals surface area contributed by atoms with Crippen molar-refractivity contribution >= 4 is 23.3 Å². The summed E-state index contributed by atoms with van der Waals surface area (Å²) in [6.45, 7) is 7.23. The van der Waals surface area contributed by atoms with Crippen molar-refractivity contribution in [1.82, 2.24) is 15.6 Å². The zero-order valence-corrected chi connectivity index (χ0v) is 17.1. The molecule has 0 aliphatic rings. The number of amides is 2. The number of nitrogens with zero attached hydrogens (tertiary/aromatic N) is 1. The summed E-state index contributed by atoms with van der Waals surface area (Å²) >= 11 is 1.54. The zero-order chi connectivity index (χ0) is 19.9. The van der Waals surface area contributed by atoms with Gasteiger partial charge in [-0.3, -0.25) is 4.79 Å². The molecule has 2 rings (SSSR count). The van der Waals surface area contributed by atoms with Crippen LogP contribution in [0, 0.1) is 0 Å². The van der Waals surface area contributed by atoms with Crippen LogP contribution in [0.1, 0.15) is 50.0 Å². The quantitative estimate of drug-likeness (QED) is 0.758. The third kappa shape index (κ3) is 7.38. The molecular formula is C20H27N3O3S. The third-order valence-corrected chi connectivity index (χ3v) is 4.65. The van der Waals surface area contributed by atoms with E-state index < -0.39 is 11.7 Å². The molecule has 0 saturated carbocycles. The van der Waals surface area contributed by atoms with Crippen molar-refractivity contribution in [2.24, 2.45) is 0 Å². The van der Waals surface area contributed by atoms with Gasteiger partial charge in [-0.15, -0.1) is 11.3 Å². The van der Waals surface area contributed by atoms with Gasteiger partial charge in [0.1, 0.15) is 17.2 Å². The second-order valence-electron chi connectivity index (χ2n) is 7.20. The molecule has 2 amide bonds. The number of rotatable bonds is 7. The molecule has 0 saturated heterocycles. The summed E-state index contributed by atoms with van der Waals surface area (Å²) < 4.78 is 5.15. The Kier molecular flexibility index (Phi) is 7.36. The summed E-state index contributed by atoms with van der Waals surface area (Å²) in [4.78, 5) is 28.7. The molecule has 7 heteroatoms. The molecule has 146 valence electrons. The Labute approximate surface area is 164 Å². The molecule has 1 heterocycles. The number of hydrogen-bond acceptors (Lipinski definition) is 5. The number of alkyl carbamates (subject to hydrolysis) is 1. The molecule has 1 aromatic heterocycles. The summed E-state index contributed by atoms with van der Waals surface area (Å²) in [6, 6.07) is 9.69. The first-order chi connectivity index (χ1) is 12.8. The van der Waals surface area contributed by atoms with Gasteiger partial charge in [-0.2, -0.15) is 0 Å². The Balaban J connectivity index is 2.00. The minimum Gasteiger partial charge on any atom is -0.444 e. The van der Waals surface area contributed by atoms with Gasteiger partial charge in [0.15, 0.2) is 0 Å². The average Bonchev–Trinajstić information content (AvgIpc) is 3.08. The van der Waals surface area contributed by atoms with Crippen LogP contribution in [0.25, 0.3) is 0 Å². The van der Waals surface area contributed by atoms with Gasteiger partial charge in [0.2, 0.25) is 5.91 Å². The van der Waals surface area contributed by atoms with Crippen molar-refractivity contribution in [2.45, 2.75) is 52.2 Å². The van der Waals surface area contributed by atoms with Gasteiger partial charge >= 0.3 is 6.09 Å².